The summed E-state index contributed by atoms with van der Waals surface area (Å²) < 4.78 is 0. The molecule has 0 saturated heterocycles. The molecule has 0 aromatic rings. The zero-order chi connectivity index (χ0) is 18.2. The van der Waals surface area contributed by atoms with Crippen molar-refractivity contribution in [1.29, 1.82) is 0 Å². The lowest BCUT2D eigenvalue weighted by Crippen LogP contribution is -2.52. The van der Waals surface area contributed by atoms with Crippen LogP contribution in [-0.2, 0) is 19.2 Å². The summed E-state index contributed by atoms with van der Waals surface area (Å²) in [5.41, 5.74) is 5.21. The van der Waals surface area contributed by atoms with Crippen LogP contribution in [0.2, 0.25) is 0 Å². The van der Waals surface area contributed by atoms with E-state index in [1.54, 1.807) is 0 Å². The van der Waals surface area contributed by atoms with E-state index in [9.17, 15) is 29.3 Å². The lowest BCUT2D eigenvalue weighted by atomic mass is 10.1. The second kappa shape index (κ2) is 9.58. The minimum absolute atomic E-state index is 0.160. The van der Waals surface area contributed by atoms with Crippen LogP contribution in [0, 0.1) is 10.1 Å². The van der Waals surface area contributed by atoms with E-state index in [1.165, 1.54) is 0 Å². The molecule has 2 atom stereocenters. The van der Waals surface area contributed by atoms with Gasteiger partial charge in [0.25, 0.3) is 0 Å². The molecule has 2 unspecified atom stereocenters. The Morgan fingerprint density at radius 1 is 1.30 bits per heavy atom. The molecule has 0 aliphatic carbocycles. The molecule has 0 fully saturated rings. The van der Waals surface area contributed by atoms with E-state index in [0.717, 1.165) is 0 Å². The molecule has 12 nitrogen and oxygen atoms in total. The number of hydrogen-bond donors (Lipinski definition) is 5. The number of hydrogen-bond acceptors (Lipinski definition) is 8. The molecule has 0 aromatic heterocycles. The fourth-order valence-corrected chi connectivity index (χ4v) is 1.63. The number of hydrazine groups is 1. The molecule has 0 rings (SSSR count). The lowest BCUT2D eigenvalue weighted by Gasteiger charge is -2.18. The smallest absolute Gasteiger partial charge is 0.329 e. The minimum Gasteiger partial charge on any atom is -0.480 e. The lowest BCUT2D eigenvalue weighted by molar-refractivity contribution is -0.632. The van der Waals surface area contributed by atoms with Crippen LogP contribution in [0.3, 0.4) is 0 Å². The van der Waals surface area contributed by atoms with Crippen molar-refractivity contribution in [2.75, 3.05) is 12.3 Å². The van der Waals surface area contributed by atoms with Crippen LogP contribution in [0.4, 0.5) is 0 Å². The summed E-state index contributed by atoms with van der Waals surface area (Å²) in [5.74, 6) is -5.26. The van der Waals surface area contributed by atoms with Crippen LogP contribution in [0.1, 0.15) is 12.8 Å². The van der Waals surface area contributed by atoms with Crippen LogP contribution in [-0.4, -0.2) is 68.4 Å². The van der Waals surface area contributed by atoms with Crippen LogP contribution >= 0.6 is 12.6 Å². The number of nitro groups is 1. The molecule has 0 radical (unpaired) electrons. The van der Waals surface area contributed by atoms with Gasteiger partial charge in [-0.1, -0.05) is 0 Å². The molecule has 0 saturated carbocycles. The molecular formula is C10H16N4O8S. The molecule has 0 bridgehead atoms. The summed E-state index contributed by atoms with van der Waals surface area (Å²) in [6.45, 7) is -1.18. The molecule has 130 valence electrons. The Balaban J connectivity index is 4.76. The number of rotatable bonds is 10. The van der Waals surface area contributed by atoms with Crippen molar-refractivity contribution in [3.05, 3.63) is 10.1 Å². The van der Waals surface area contributed by atoms with Gasteiger partial charge in [0.15, 0.2) is 11.6 Å². The van der Waals surface area contributed by atoms with Crippen molar-refractivity contribution < 1.29 is 34.4 Å². The van der Waals surface area contributed by atoms with Crippen molar-refractivity contribution in [3.8, 4) is 0 Å². The van der Waals surface area contributed by atoms with Gasteiger partial charge in [-0.2, -0.15) is 12.6 Å². The number of aliphatic carboxylic acids is 2. The highest BCUT2D eigenvalue weighted by Crippen LogP contribution is 2.01. The average Bonchev–Trinajstić information content (AvgIpc) is 2.46. The third-order valence-electron chi connectivity index (χ3n) is 2.55. The Labute approximate surface area is 135 Å². The number of carbonyl (C=O) groups is 4. The Morgan fingerprint density at radius 2 is 1.87 bits per heavy atom. The number of carboxylic acids is 2. The Bertz CT molecular complexity index is 499. The third-order valence-corrected chi connectivity index (χ3v) is 2.92. The first-order chi connectivity index (χ1) is 10.6. The second-order valence-electron chi connectivity index (χ2n) is 4.31. The fraction of sp³-hybridized carbons (Fsp3) is 0.600. The second-order valence-corrected chi connectivity index (χ2v) is 4.68. The number of nitrogens with zero attached hydrogens (tertiary/aromatic N) is 2. The van der Waals surface area contributed by atoms with Gasteiger partial charge in [-0.05, 0) is 11.4 Å². The van der Waals surface area contributed by atoms with Gasteiger partial charge in [-0.3, -0.25) is 19.2 Å². The third kappa shape index (κ3) is 7.42. The summed E-state index contributed by atoms with van der Waals surface area (Å²) in [6, 6.07) is -2.70. The van der Waals surface area contributed by atoms with Gasteiger partial charge in [-0.15, -0.1) is 0 Å². The quantitative estimate of drug-likeness (QED) is 0.163. The first kappa shape index (κ1) is 20.6. The molecule has 13 heteroatoms. The zero-order valence-corrected chi connectivity index (χ0v) is 12.6. The number of amides is 2. The fourth-order valence-electron chi connectivity index (χ4n) is 1.39. The molecule has 0 spiro atoms. The van der Waals surface area contributed by atoms with Gasteiger partial charge in [0.2, 0.25) is 5.91 Å². The van der Waals surface area contributed by atoms with Crippen LogP contribution < -0.4 is 11.1 Å². The van der Waals surface area contributed by atoms with E-state index in [-0.39, 0.29) is 23.6 Å². The van der Waals surface area contributed by atoms with Gasteiger partial charge in [0.1, 0.15) is 12.1 Å². The highest BCUT2D eigenvalue weighted by Gasteiger charge is 2.34. The summed E-state index contributed by atoms with van der Waals surface area (Å²) >= 11 is 3.77. The van der Waals surface area contributed by atoms with Gasteiger partial charge < -0.3 is 21.3 Å². The van der Waals surface area contributed by atoms with Crippen LogP contribution in [0.15, 0.2) is 0 Å². The maximum absolute atomic E-state index is 11.9. The first-order valence-electron chi connectivity index (χ1n) is 6.16. The molecule has 23 heavy (non-hydrogen) atoms. The van der Waals surface area contributed by atoms with Crippen molar-refractivity contribution in [3.63, 3.8) is 0 Å². The van der Waals surface area contributed by atoms with Crippen LogP contribution in [0.5, 0.6) is 0 Å². The molecule has 0 aromatic carbocycles. The van der Waals surface area contributed by atoms with E-state index in [4.69, 9.17) is 15.9 Å². The Kier molecular flexibility index (Phi) is 8.57. The number of carbonyl (C=O) groups excluding carboxylic acids is 2. The van der Waals surface area contributed by atoms with Crippen molar-refractivity contribution in [2.24, 2.45) is 5.73 Å². The largest absolute Gasteiger partial charge is 0.480 e. The van der Waals surface area contributed by atoms with E-state index in [1.807, 2.05) is 0 Å². The molecule has 0 heterocycles. The average molecular weight is 352 g/mol. The van der Waals surface area contributed by atoms with E-state index in [2.05, 4.69) is 17.9 Å². The summed E-state index contributed by atoms with van der Waals surface area (Å²) in [6.07, 6.45) is -0.537. The van der Waals surface area contributed by atoms with E-state index >= 15 is 0 Å². The minimum atomic E-state index is -1.60. The summed E-state index contributed by atoms with van der Waals surface area (Å²) in [7, 11) is 0. The van der Waals surface area contributed by atoms with Gasteiger partial charge in [-0.25, -0.2) is 10.1 Å². The maximum Gasteiger partial charge on any atom is 0.329 e. The number of carboxylic acid groups (broad SMARTS) is 2. The molecule has 0 aliphatic heterocycles. The van der Waals surface area contributed by atoms with Gasteiger partial charge in [0, 0.05) is 12.2 Å². The zero-order valence-electron chi connectivity index (χ0n) is 11.7. The van der Waals surface area contributed by atoms with Crippen molar-refractivity contribution in [1.82, 2.24) is 10.3 Å². The monoisotopic (exact) mass is 352 g/mol. The van der Waals surface area contributed by atoms with Gasteiger partial charge in [0.05, 0.1) is 0 Å². The maximum atomic E-state index is 11.9. The standard InChI is InChI=1S/C10H16N4O8S/c11-5(10(19)20)1-2-7(15)12-6(4-23)9(18)13(14(21)22)3-8(16)17/h5-6,23H,1-4,11H2,(H,12,15)(H,16,17)(H,19,20). The van der Waals surface area contributed by atoms with E-state index < -0.39 is 47.4 Å². The van der Waals surface area contributed by atoms with Crippen molar-refractivity contribution in [2.45, 2.75) is 24.9 Å². The highest BCUT2D eigenvalue weighted by atomic mass is 32.1. The molecule has 5 N–H and O–H groups in total. The van der Waals surface area contributed by atoms with Crippen molar-refractivity contribution >= 4 is 36.4 Å². The normalized spacial score (nSPS) is 12.8. The summed E-state index contributed by atoms with van der Waals surface area (Å²) in [4.78, 5) is 55.2. The number of nitrogens with one attached hydrogen (secondary N) is 1. The summed E-state index contributed by atoms with van der Waals surface area (Å²) in [5, 5.41) is 28.6. The molecule has 2 amide bonds. The van der Waals surface area contributed by atoms with Gasteiger partial charge >= 0.3 is 17.8 Å². The topological polar surface area (TPSA) is 193 Å². The molecular weight excluding hydrogens is 336 g/mol. The predicted octanol–water partition coefficient (Wildman–Crippen LogP) is -2.30. The Morgan fingerprint density at radius 3 is 2.26 bits per heavy atom. The van der Waals surface area contributed by atoms with E-state index in [0.29, 0.717) is 0 Å². The predicted molar refractivity (Wildman–Crippen MR) is 77.0 cm³/mol. The number of thiol groups is 1. The molecule has 0 aliphatic rings. The SMILES string of the molecule is NC(CCC(=O)NC(CS)C(=O)N(CC(=O)O)[N+](=O)[O-])C(=O)O. The first-order valence-corrected chi connectivity index (χ1v) is 6.79. The number of nitrogens with two attached hydrogens (primary N) is 1. The highest BCUT2D eigenvalue weighted by molar-refractivity contribution is 7.80. The van der Waals surface area contributed by atoms with Crippen LogP contribution in [0.25, 0.3) is 0 Å². The Hall–Kier alpha value is -2.41.